The van der Waals surface area contributed by atoms with Gasteiger partial charge in [-0.2, -0.15) is 0 Å². The van der Waals surface area contributed by atoms with E-state index < -0.39 is 67.4 Å². The van der Waals surface area contributed by atoms with Crippen molar-refractivity contribution in [2.75, 3.05) is 13.2 Å². The largest absolute Gasteiger partial charge is 0.454 e. The van der Waals surface area contributed by atoms with Gasteiger partial charge < -0.3 is 45.1 Å². The summed E-state index contributed by atoms with van der Waals surface area (Å²) >= 11 is 0. The lowest BCUT2D eigenvalue weighted by atomic mass is 9.99. The molecule has 0 bridgehead atoms. The van der Waals surface area contributed by atoms with E-state index in [9.17, 15) is 35.1 Å². The van der Waals surface area contributed by atoms with Gasteiger partial charge in [0.25, 0.3) is 0 Å². The first-order chi connectivity index (χ1) is 38.7. The van der Waals surface area contributed by atoms with Crippen LogP contribution in [0.5, 0.6) is 0 Å². The highest BCUT2D eigenvalue weighted by Gasteiger charge is 2.47. The Kier molecular flexibility index (Phi) is 52.2. The Morgan fingerprint density at radius 2 is 0.873 bits per heavy atom. The molecule has 1 amide bonds. The van der Waals surface area contributed by atoms with Crippen molar-refractivity contribution in [3.05, 3.63) is 72.9 Å². The summed E-state index contributed by atoms with van der Waals surface area (Å²) in [6, 6.07) is -1.03. The molecule has 6 N–H and O–H groups in total. The van der Waals surface area contributed by atoms with E-state index in [0.717, 1.165) is 89.9 Å². The Labute approximate surface area is 483 Å². The second-order valence-electron chi connectivity index (χ2n) is 22.5. The van der Waals surface area contributed by atoms with Crippen LogP contribution in [0.2, 0.25) is 0 Å². The summed E-state index contributed by atoms with van der Waals surface area (Å²) in [5.41, 5.74) is 0. The molecule has 8 unspecified atom stereocenters. The van der Waals surface area contributed by atoms with Gasteiger partial charge in [0.05, 0.1) is 25.4 Å². The lowest BCUT2D eigenvalue weighted by Crippen LogP contribution is -2.61. The number of esters is 1. The van der Waals surface area contributed by atoms with Gasteiger partial charge in [-0.3, -0.25) is 9.59 Å². The smallest absolute Gasteiger partial charge is 0.306 e. The van der Waals surface area contributed by atoms with Gasteiger partial charge in [0.2, 0.25) is 5.91 Å². The SMILES string of the molecule is CCCCC/C=C\C/C=C\C/C=C\C/C=C\CCCCCCCCCCC(O)C(=O)NC(COC1OC(CO)C(O)C(O)C1OC(=O)CCCCC/C=C\CCCCCCCC)C(O)/C=C/CCCCCCCCCCCCC. The number of unbranched alkanes of at least 4 members (excludes halogenated alkanes) is 31. The number of carbonyl (C=O) groups is 2. The van der Waals surface area contributed by atoms with Crippen LogP contribution in [0.3, 0.4) is 0 Å². The molecule has 1 fully saturated rings. The average Bonchev–Trinajstić information content (AvgIpc) is 3.48. The normalized spacial score (nSPS) is 19.3. The Morgan fingerprint density at radius 3 is 1.34 bits per heavy atom. The molecule has 0 aromatic carbocycles. The van der Waals surface area contributed by atoms with E-state index in [1.165, 1.54) is 148 Å². The molecule has 1 aliphatic heterocycles. The zero-order valence-corrected chi connectivity index (χ0v) is 50.7. The van der Waals surface area contributed by atoms with Crippen LogP contribution in [0.25, 0.3) is 0 Å². The number of carbonyl (C=O) groups excluding carboxylic acids is 2. The van der Waals surface area contributed by atoms with Crippen LogP contribution in [0.15, 0.2) is 72.9 Å². The van der Waals surface area contributed by atoms with Crippen molar-refractivity contribution < 1.29 is 49.3 Å². The molecular weight excluding hydrogens is 991 g/mol. The molecule has 0 aromatic rings. The molecule has 0 aromatic heterocycles. The Bertz CT molecular complexity index is 1560. The standard InChI is InChI=1S/C68H121NO10/c1-4-7-10-13-16-19-22-25-26-27-28-29-30-31-32-33-34-35-38-40-43-46-49-52-55-61(72)67(76)69-59(60(71)54-51-48-45-42-39-36-23-20-17-14-11-8-5-2)58-77-68-66(65(75)64(74)62(57-70)78-68)79-63(73)56-53-50-47-44-41-37-24-21-18-15-12-9-6-3/h16,19,25-26,28-29,31-32,37,41,51,54,59-62,64-66,68,70-72,74-75H,4-15,17-18,20-24,27,30,33-36,38-40,42-50,52-53,55-58H2,1-3H3,(H,69,76)/b19-16-,26-25-,29-28-,32-31-,41-37-,54-51+. The fraction of sp³-hybridized carbons (Fsp3) is 0.794. The maximum Gasteiger partial charge on any atom is 0.306 e. The molecule has 1 rings (SSSR count). The number of amides is 1. The first kappa shape index (κ1) is 74.1. The maximum absolute atomic E-state index is 13.5. The first-order valence-corrected chi connectivity index (χ1v) is 32.7. The number of aliphatic hydroxyl groups excluding tert-OH is 5. The Morgan fingerprint density at radius 1 is 0.494 bits per heavy atom. The van der Waals surface area contributed by atoms with E-state index in [1.54, 1.807) is 6.08 Å². The summed E-state index contributed by atoms with van der Waals surface area (Å²) in [5.74, 6) is -1.22. The van der Waals surface area contributed by atoms with Gasteiger partial charge >= 0.3 is 5.97 Å². The van der Waals surface area contributed by atoms with Gasteiger partial charge in [-0.05, 0) is 96.3 Å². The molecule has 8 atom stereocenters. The monoisotopic (exact) mass is 1110 g/mol. The quantitative estimate of drug-likeness (QED) is 0.0195. The topological polar surface area (TPSA) is 175 Å². The average molecular weight is 1110 g/mol. The summed E-state index contributed by atoms with van der Waals surface area (Å²) in [6.07, 6.45) is 60.8. The van der Waals surface area contributed by atoms with Crippen LogP contribution < -0.4 is 5.32 Å². The number of aliphatic hydroxyl groups is 5. The summed E-state index contributed by atoms with van der Waals surface area (Å²) in [4.78, 5) is 26.6. The summed E-state index contributed by atoms with van der Waals surface area (Å²) in [6.45, 7) is 5.75. The molecule has 0 aliphatic carbocycles. The predicted octanol–water partition coefficient (Wildman–Crippen LogP) is 16.0. The van der Waals surface area contributed by atoms with E-state index in [2.05, 4.69) is 86.8 Å². The highest BCUT2D eigenvalue weighted by atomic mass is 16.7. The van der Waals surface area contributed by atoms with Crippen LogP contribution in [-0.2, 0) is 23.8 Å². The van der Waals surface area contributed by atoms with Crippen molar-refractivity contribution in [2.45, 2.75) is 333 Å². The molecule has 11 heteroatoms. The Hall–Kier alpha value is -2.90. The molecule has 1 aliphatic rings. The minimum atomic E-state index is -1.62. The van der Waals surface area contributed by atoms with E-state index in [0.29, 0.717) is 12.8 Å². The summed E-state index contributed by atoms with van der Waals surface area (Å²) < 4.78 is 17.6. The third-order valence-electron chi connectivity index (χ3n) is 15.1. The van der Waals surface area contributed by atoms with Crippen molar-refractivity contribution in [3.8, 4) is 0 Å². The molecule has 0 radical (unpaired) electrons. The predicted molar refractivity (Wildman–Crippen MR) is 329 cm³/mol. The zero-order chi connectivity index (χ0) is 57.5. The van der Waals surface area contributed by atoms with Crippen LogP contribution >= 0.6 is 0 Å². The number of rotatable bonds is 55. The third kappa shape index (κ3) is 43.5. The van der Waals surface area contributed by atoms with Gasteiger partial charge in [-0.15, -0.1) is 0 Å². The van der Waals surface area contributed by atoms with E-state index in [4.69, 9.17) is 14.2 Å². The van der Waals surface area contributed by atoms with Crippen molar-refractivity contribution >= 4 is 11.9 Å². The number of hydrogen-bond acceptors (Lipinski definition) is 10. The maximum atomic E-state index is 13.5. The fourth-order valence-electron chi connectivity index (χ4n) is 9.86. The lowest BCUT2D eigenvalue weighted by Gasteiger charge is -2.41. The van der Waals surface area contributed by atoms with Crippen LogP contribution in [0.1, 0.15) is 284 Å². The minimum absolute atomic E-state index is 0.101. The van der Waals surface area contributed by atoms with Gasteiger partial charge in [0, 0.05) is 6.42 Å². The molecular formula is C68H121NO10. The molecule has 1 saturated heterocycles. The Balaban J connectivity index is 2.65. The van der Waals surface area contributed by atoms with Gasteiger partial charge in [-0.1, -0.05) is 254 Å². The van der Waals surface area contributed by atoms with Gasteiger partial charge in [-0.25, -0.2) is 0 Å². The third-order valence-corrected chi connectivity index (χ3v) is 15.1. The second kappa shape index (κ2) is 55.6. The molecule has 11 nitrogen and oxygen atoms in total. The first-order valence-electron chi connectivity index (χ1n) is 32.7. The summed E-state index contributed by atoms with van der Waals surface area (Å²) in [7, 11) is 0. The van der Waals surface area contributed by atoms with Crippen molar-refractivity contribution in [3.63, 3.8) is 0 Å². The number of nitrogens with one attached hydrogen (secondary N) is 1. The van der Waals surface area contributed by atoms with Crippen LogP contribution in [0, 0.1) is 0 Å². The highest BCUT2D eigenvalue weighted by molar-refractivity contribution is 5.80. The fourth-order valence-corrected chi connectivity index (χ4v) is 9.86. The second-order valence-corrected chi connectivity index (χ2v) is 22.5. The van der Waals surface area contributed by atoms with E-state index >= 15 is 0 Å². The van der Waals surface area contributed by atoms with Crippen LogP contribution in [0.4, 0.5) is 0 Å². The highest BCUT2D eigenvalue weighted by Crippen LogP contribution is 2.26. The molecule has 0 saturated carbocycles. The van der Waals surface area contributed by atoms with Gasteiger partial charge in [0.1, 0.15) is 24.4 Å². The van der Waals surface area contributed by atoms with Gasteiger partial charge in [0.15, 0.2) is 12.4 Å². The van der Waals surface area contributed by atoms with Crippen molar-refractivity contribution in [1.82, 2.24) is 5.32 Å². The number of hydrogen-bond donors (Lipinski definition) is 6. The minimum Gasteiger partial charge on any atom is -0.454 e. The molecule has 0 spiro atoms. The summed E-state index contributed by atoms with van der Waals surface area (Å²) in [5, 5.41) is 57.0. The molecule has 458 valence electrons. The van der Waals surface area contributed by atoms with E-state index in [1.807, 2.05) is 6.08 Å². The molecule has 1 heterocycles. The molecule has 79 heavy (non-hydrogen) atoms. The lowest BCUT2D eigenvalue weighted by molar-refractivity contribution is -0.305. The van der Waals surface area contributed by atoms with Crippen LogP contribution in [-0.4, -0.2) is 99.6 Å². The number of ether oxygens (including phenoxy) is 3. The van der Waals surface area contributed by atoms with E-state index in [-0.39, 0.29) is 19.4 Å². The van der Waals surface area contributed by atoms with Crippen molar-refractivity contribution in [1.29, 1.82) is 0 Å². The van der Waals surface area contributed by atoms with Crippen molar-refractivity contribution in [2.24, 2.45) is 0 Å². The number of allylic oxidation sites excluding steroid dienone is 11. The zero-order valence-electron chi connectivity index (χ0n) is 50.7.